The third kappa shape index (κ3) is 3.10. The third-order valence-electron chi connectivity index (χ3n) is 3.77. The van der Waals surface area contributed by atoms with Crippen molar-refractivity contribution in [1.29, 1.82) is 0 Å². The zero-order valence-electron chi connectivity index (χ0n) is 11.5. The molecule has 1 aliphatic heterocycles. The second-order valence-electron chi connectivity index (χ2n) is 5.24. The minimum absolute atomic E-state index is 0.0155. The number of nitrogens with one attached hydrogen (secondary N) is 1. The largest absolute Gasteiger partial charge is 0.480 e. The Balaban J connectivity index is 2.01. The van der Waals surface area contributed by atoms with E-state index in [0.717, 1.165) is 0 Å². The van der Waals surface area contributed by atoms with E-state index in [1.807, 2.05) is 0 Å². The molecule has 0 spiro atoms. The summed E-state index contributed by atoms with van der Waals surface area (Å²) in [5.41, 5.74) is -0.532. The Morgan fingerprint density at radius 1 is 1.52 bits per heavy atom. The van der Waals surface area contributed by atoms with Crippen LogP contribution in [0.3, 0.4) is 0 Å². The third-order valence-corrected chi connectivity index (χ3v) is 4.06. The second kappa shape index (κ2) is 5.89. The molecule has 1 heterocycles. The van der Waals surface area contributed by atoms with Gasteiger partial charge in [0.15, 0.2) is 0 Å². The van der Waals surface area contributed by atoms with Crippen LogP contribution in [0.2, 0.25) is 5.02 Å². The first-order valence-electron chi connectivity index (χ1n) is 6.57. The maximum atomic E-state index is 13.0. The van der Waals surface area contributed by atoms with Crippen LogP contribution >= 0.6 is 11.6 Å². The molecule has 0 radical (unpaired) electrons. The van der Waals surface area contributed by atoms with Gasteiger partial charge in [-0.05, 0) is 37.5 Å². The Morgan fingerprint density at radius 2 is 2.24 bits per heavy atom. The highest BCUT2D eigenvalue weighted by Gasteiger charge is 2.45. The molecule has 7 heteroatoms. The molecule has 1 atom stereocenters. The number of amides is 2. The number of carbonyl (C=O) groups is 2. The van der Waals surface area contributed by atoms with Gasteiger partial charge in [0.2, 0.25) is 0 Å². The molecule has 1 aromatic carbocycles. The fourth-order valence-corrected chi connectivity index (χ4v) is 2.64. The lowest BCUT2D eigenvalue weighted by Gasteiger charge is -2.31. The molecule has 21 heavy (non-hydrogen) atoms. The SMILES string of the molecule is CC1(C(=O)O)CCCN1C(=O)NCc1ccc(F)c(Cl)c1. The molecule has 0 bridgehead atoms. The number of carboxylic acid groups (broad SMARTS) is 1. The van der Waals surface area contributed by atoms with Crippen molar-refractivity contribution in [1.82, 2.24) is 10.2 Å². The lowest BCUT2D eigenvalue weighted by atomic mass is 10.00. The minimum Gasteiger partial charge on any atom is -0.480 e. The molecule has 0 saturated carbocycles. The number of likely N-dealkylation sites (tertiary alicyclic amines) is 1. The molecule has 1 fully saturated rings. The van der Waals surface area contributed by atoms with Crippen molar-refractivity contribution in [3.8, 4) is 0 Å². The first-order chi connectivity index (χ1) is 9.84. The van der Waals surface area contributed by atoms with Crippen LogP contribution in [0.4, 0.5) is 9.18 Å². The van der Waals surface area contributed by atoms with E-state index in [2.05, 4.69) is 5.32 Å². The van der Waals surface area contributed by atoms with Gasteiger partial charge in [0.25, 0.3) is 0 Å². The van der Waals surface area contributed by atoms with Gasteiger partial charge < -0.3 is 15.3 Å². The van der Waals surface area contributed by atoms with Gasteiger partial charge in [-0.1, -0.05) is 17.7 Å². The van der Waals surface area contributed by atoms with Gasteiger partial charge in [-0.3, -0.25) is 0 Å². The summed E-state index contributed by atoms with van der Waals surface area (Å²) in [5, 5.41) is 11.9. The summed E-state index contributed by atoms with van der Waals surface area (Å²) in [7, 11) is 0. The molecule has 1 saturated heterocycles. The van der Waals surface area contributed by atoms with Crippen molar-refractivity contribution in [3.05, 3.63) is 34.6 Å². The fraction of sp³-hybridized carbons (Fsp3) is 0.429. The van der Waals surface area contributed by atoms with Crippen LogP contribution < -0.4 is 5.32 Å². The number of rotatable bonds is 3. The Bertz CT molecular complexity index is 581. The highest BCUT2D eigenvalue weighted by atomic mass is 35.5. The maximum Gasteiger partial charge on any atom is 0.329 e. The average Bonchev–Trinajstić information content (AvgIpc) is 2.83. The van der Waals surface area contributed by atoms with Crippen LogP contribution in [0.1, 0.15) is 25.3 Å². The lowest BCUT2D eigenvalue weighted by molar-refractivity contribution is -0.147. The van der Waals surface area contributed by atoms with Crippen LogP contribution in [0, 0.1) is 5.82 Å². The van der Waals surface area contributed by atoms with Gasteiger partial charge in [-0.25, -0.2) is 14.0 Å². The molecule has 1 aliphatic rings. The van der Waals surface area contributed by atoms with E-state index < -0.39 is 23.4 Å². The van der Waals surface area contributed by atoms with Crippen LogP contribution in [-0.2, 0) is 11.3 Å². The molecule has 2 N–H and O–H groups in total. The van der Waals surface area contributed by atoms with Gasteiger partial charge in [0.1, 0.15) is 11.4 Å². The number of benzene rings is 1. The normalized spacial score (nSPS) is 21.4. The number of urea groups is 1. The van der Waals surface area contributed by atoms with E-state index >= 15 is 0 Å². The molecular formula is C14H16ClFN2O3. The highest BCUT2D eigenvalue weighted by Crippen LogP contribution is 2.29. The number of carboxylic acids is 1. The van der Waals surface area contributed by atoms with Crippen molar-refractivity contribution in [2.75, 3.05) is 6.54 Å². The van der Waals surface area contributed by atoms with Gasteiger partial charge in [0, 0.05) is 13.1 Å². The second-order valence-corrected chi connectivity index (χ2v) is 5.65. The highest BCUT2D eigenvalue weighted by molar-refractivity contribution is 6.30. The van der Waals surface area contributed by atoms with Gasteiger partial charge in [-0.2, -0.15) is 0 Å². The molecule has 1 aromatic rings. The molecule has 114 valence electrons. The summed E-state index contributed by atoms with van der Waals surface area (Å²) in [6.45, 7) is 2.10. The predicted molar refractivity (Wildman–Crippen MR) is 75.6 cm³/mol. The Kier molecular flexibility index (Phi) is 4.37. The van der Waals surface area contributed by atoms with Crippen molar-refractivity contribution in [2.45, 2.75) is 31.8 Å². The van der Waals surface area contributed by atoms with Crippen LogP contribution in [0.5, 0.6) is 0 Å². The Morgan fingerprint density at radius 3 is 2.86 bits per heavy atom. The van der Waals surface area contributed by atoms with E-state index in [0.29, 0.717) is 24.9 Å². The summed E-state index contributed by atoms with van der Waals surface area (Å²) in [5.74, 6) is -1.54. The van der Waals surface area contributed by atoms with Gasteiger partial charge in [0.05, 0.1) is 5.02 Å². The number of carbonyl (C=O) groups excluding carboxylic acids is 1. The Labute approximate surface area is 126 Å². The summed E-state index contributed by atoms with van der Waals surface area (Å²) in [6, 6.07) is 3.72. The van der Waals surface area contributed by atoms with Crippen LogP contribution in [0.15, 0.2) is 18.2 Å². The predicted octanol–water partition coefficient (Wildman–Crippen LogP) is 2.63. The maximum absolute atomic E-state index is 13.0. The fourth-order valence-electron chi connectivity index (χ4n) is 2.43. The van der Waals surface area contributed by atoms with E-state index in [9.17, 15) is 19.1 Å². The number of aliphatic carboxylic acids is 1. The van der Waals surface area contributed by atoms with Crippen molar-refractivity contribution >= 4 is 23.6 Å². The quantitative estimate of drug-likeness (QED) is 0.901. The smallest absolute Gasteiger partial charge is 0.329 e. The minimum atomic E-state index is -1.18. The summed E-state index contributed by atoms with van der Waals surface area (Å²) in [6.07, 6.45) is 1.08. The summed E-state index contributed by atoms with van der Waals surface area (Å²) in [4.78, 5) is 24.8. The summed E-state index contributed by atoms with van der Waals surface area (Å²) < 4.78 is 13.0. The first-order valence-corrected chi connectivity index (χ1v) is 6.95. The van der Waals surface area contributed by atoms with E-state index in [1.54, 1.807) is 0 Å². The molecule has 0 aliphatic carbocycles. The van der Waals surface area contributed by atoms with E-state index in [1.165, 1.54) is 30.0 Å². The molecule has 2 amide bonds. The van der Waals surface area contributed by atoms with Crippen LogP contribution in [-0.4, -0.2) is 34.1 Å². The first kappa shape index (κ1) is 15.6. The number of hydrogen-bond acceptors (Lipinski definition) is 2. The standard InChI is InChI=1S/C14H16ClFN2O3/c1-14(12(19)20)5-2-6-18(14)13(21)17-8-9-3-4-11(16)10(15)7-9/h3-4,7H,2,5-6,8H2,1H3,(H,17,21)(H,19,20). The molecule has 1 unspecified atom stereocenters. The van der Waals surface area contributed by atoms with Crippen molar-refractivity contribution in [2.24, 2.45) is 0 Å². The number of halogens is 2. The molecular weight excluding hydrogens is 299 g/mol. The number of hydrogen-bond donors (Lipinski definition) is 2. The van der Waals surface area contributed by atoms with Gasteiger partial charge >= 0.3 is 12.0 Å². The lowest BCUT2D eigenvalue weighted by Crippen LogP contribution is -2.53. The zero-order chi connectivity index (χ0) is 15.6. The Hall–Kier alpha value is -1.82. The van der Waals surface area contributed by atoms with E-state index in [-0.39, 0.29) is 11.6 Å². The molecule has 5 nitrogen and oxygen atoms in total. The zero-order valence-corrected chi connectivity index (χ0v) is 12.3. The topological polar surface area (TPSA) is 69.6 Å². The van der Waals surface area contributed by atoms with Gasteiger partial charge in [-0.15, -0.1) is 0 Å². The van der Waals surface area contributed by atoms with Crippen molar-refractivity contribution in [3.63, 3.8) is 0 Å². The summed E-state index contributed by atoms with van der Waals surface area (Å²) >= 11 is 5.67. The van der Waals surface area contributed by atoms with E-state index in [4.69, 9.17) is 11.6 Å². The van der Waals surface area contributed by atoms with Crippen molar-refractivity contribution < 1.29 is 19.1 Å². The monoisotopic (exact) mass is 314 g/mol. The molecule has 0 aromatic heterocycles. The average molecular weight is 315 g/mol. The number of nitrogens with zero attached hydrogens (tertiary/aromatic N) is 1. The van der Waals surface area contributed by atoms with Crippen LogP contribution in [0.25, 0.3) is 0 Å². The molecule has 2 rings (SSSR count).